The van der Waals surface area contributed by atoms with Gasteiger partial charge in [-0.2, -0.15) is 0 Å². The summed E-state index contributed by atoms with van der Waals surface area (Å²) in [5.74, 6) is 0. The van der Waals surface area contributed by atoms with Crippen molar-refractivity contribution in [3.63, 3.8) is 0 Å². The van der Waals surface area contributed by atoms with Crippen molar-refractivity contribution in [1.29, 1.82) is 0 Å². The van der Waals surface area contributed by atoms with E-state index in [9.17, 15) is 4.79 Å². The Morgan fingerprint density at radius 2 is 1.88 bits per heavy atom. The molecule has 4 heteroatoms. The molecule has 2 rings (SSSR count). The van der Waals surface area contributed by atoms with Gasteiger partial charge in [-0.1, -0.05) is 17.7 Å². The quantitative estimate of drug-likeness (QED) is 0.758. The van der Waals surface area contributed by atoms with Crippen LogP contribution >= 0.6 is 24.0 Å². The van der Waals surface area contributed by atoms with Gasteiger partial charge in [0.25, 0.3) is 0 Å². The molecule has 0 spiro atoms. The highest BCUT2D eigenvalue weighted by Crippen LogP contribution is 2.27. The molecule has 2 nitrogen and oxygen atoms in total. The summed E-state index contributed by atoms with van der Waals surface area (Å²) in [6.45, 7) is 2.06. The summed E-state index contributed by atoms with van der Waals surface area (Å²) in [4.78, 5) is 13.2. The first-order valence-corrected chi connectivity index (χ1v) is 5.69. The Morgan fingerprint density at radius 1 is 1.19 bits per heavy atom. The first-order chi connectivity index (χ1) is 7.33. The number of hydrogen-bond acceptors (Lipinski definition) is 2. The Labute approximate surface area is 107 Å². The van der Waals surface area contributed by atoms with E-state index in [1.165, 1.54) is 19.3 Å². The molecule has 1 heterocycles. The van der Waals surface area contributed by atoms with Gasteiger partial charge in [-0.15, -0.1) is 12.4 Å². The Kier molecular flexibility index (Phi) is 5.10. The first-order valence-electron chi connectivity index (χ1n) is 5.31. The number of anilines is 1. The van der Waals surface area contributed by atoms with Crippen LogP contribution < -0.4 is 4.90 Å². The lowest BCUT2D eigenvalue weighted by molar-refractivity contribution is 0.112. The fourth-order valence-electron chi connectivity index (χ4n) is 2.05. The predicted molar refractivity (Wildman–Crippen MR) is 70.2 cm³/mol. The predicted octanol–water partition coefficient (Wildman–Crippen LogP) is 3.56. The second-order valence-corrected chi connectivity index (χ2v) is 4.25. The Morgan fingerprint density at radius 3 is 2.50 bits per heavy atom. The van der Waals surface area contributed by atoms with Crippen LogP contribution in [0.3, 0.4) is 0 Å². The molecule has 1 saturated heterocycles. The lowest BCUT2D eigenvalue weighted by atomic mass is 10.1. The number of hydrogen-bond donors (Lipinski definition) is 0. The van der Waals surface area contributed by atoms with Crippen LogP contribution in [0.5, 0.6) is 0 Å². The molecule has 1 aliphatic rings. The molecular formula is C12H15Cl2NO. The van der Waals surface area contributed by atoms with Crippen LogP contribution in [0, 0.1) is 0 Å². The molecule has 0 radical (unpaired) electrons. The van der Waals surface area contributed by atoms with Gasteiger partial charge in [0.1, 0.15) is 0 Å². The van der Waals surface area contributed by atoms with Gasteiger partial charge in [-0.25, -0.2) is 0 Å². The van der Waals surface area contributed by atoms with Crippen LogP contribution in [-0.2, 0) is 0 Å². The topological polar surface area (TPSA) is 20.3 Å². The smallest absolute Gasteiger partial charge is 0.153 e. The maximum atomic E-state index is 11.0. The van der Waals surface area contributed by atoms with Gasteiger partial charge in [-0.05, 0) is 31.4 Å². The largest absolute Gasteiger partial charge is 0.371 e. The van der Waals surface area contributed by atoms with E-state index in [2.05, 4.69) is 4.90 Å². The van der Waals surface area contributed by atoms with Crippen LogP contribution in [0.15, 0.2) is 18.2 Å². The monoisotopic (exact) mass is 259 g/mol. The lowest BCUT2D eigenvalue weighted by Crippen LogP contribution is -2.30. The standard InChI is InChI=1S/C12H14ClNO.ClH/c13-11-5-4-6-12(10(11)9-15)14-7-2-1-3-8-14;/h4-6,9H,1-3,7-8H2;1H. The Hall–Kier alpha value is -0.730. The van der Waals surface area contributed by atoms with E-state index < -0.39 is 0 Å². The Bertz CT molecular complexity index is 362. The average Bonchev–Trinajstić information content (AvgIpc) is 2.30. The zero-order valence-corrected chi connectivity index (χ0v) is 10.6. The number of rotatable bonds is 2. The van der Waals surface area contributed by atoms with Crippen LogP contribution in [0.2, 0.25) is 5.02 Å². The van der Waals surface area contributed by atoms with Crippen molar-refractivity contribution in [3.8, 4) is 0 Å². The summed E-state index contributed by atoms with van der Waals surface area (Å²) < 4.78 is 0. The third-order valence-electron chi connectivity index (χ3n) is 2.84. The van der Waals surface area contributed by atoms with Gasteiger partial charge in [0.2, 0.25) is 0 Å². The van der Waals surface area contributed by atoms with Gasteiger partial charge < -0.3 is 4.90 Å². The molecule has 1 aliphatic heterocycles. The number of benzene rings is 1. The van der Waals surface area contributed by atoms with E-state index in [1.54, 1.807) is 6.07 Å². The minimum Gasteiger partial charge on any atom is -0.371 e. The van der Waals surface area contributed by atoms with Crippen LogP contribution in [0.25, 0.3) is 0 Å². The number of aldehydes is 1. The van der Waals surface area contributed by atoms with Gasteiger partial charge >= 0.3 is 0 Å². The molecular weight excluding hydrogens is 245 g/mol. The van der Waals surface area contributed by atoms with E-state index >= 15 is 0 Å². The van der Waals surface area contributed by atoms with E-state index in [1.807, 2.05) is 12.1 Å². The normalized spacial score (nSPS) is 15.4. The van der Waals surface area contributed by atoms with Gasteiger partial charge in [0.05, 0.1) is 10.6 Å². The zero-order chi connectivity index (χ0) is 10.7. The van der Waals surface area contributed by atoms with Crippen LogP contribution in [0.1, 0.15) is 29.6 Å². The van der Waals surface area contributed by atoms with Crippen molar-refractivity contribution in [2.24, 2.45) is 0 Å². The summed E-state index contributed by atoms with van der Waals surface area (Å²) in [7, 11) is 0. The minimum absolute atomic E-state index is 0. The highest BCUT2D eigenvalue weighted by Gasteiger charge is 2.15. The van der Waals surface area contributed by atoms with Crippen molar-refractivity contribution < 1.29 is 4.79 Å². The maximum Gasteiger partial charge on any atom is 0.153 e. The van der Waals surface area contributed by atoms with Gasteiger partial charge in [-0.3, -0.25) is 4.79 Å². The minimum atomic E-state index is 0. The first kappa shape index (κ1) is 13.3. The van der Waals surface area contributed by atoms with Gasteiger partial charge in [0, 0.05) is 18.8 Å². The molecule has 0 saturated carbocycles. The molecule has 0 aromatic heterocycles. The van der Waals surface area contributed by atoms with Crippen molar-refractivity contribution in [2.75, 3.05) is 18.0 Å². The molecule has 0 bridgehead atoms. The van der Waals surface area contributed by atoms with Crippen LogP contribution in [0.4, 0.5) is 5.69 Å². The summed E-state index contributed by atoms with van der Waals surface area (Å²) in [6, 6.07) is 5.64. The molecule has 1 aromatic carbocycles. The summed E-state index contributed by atoms with van der Waals surface area (Å²) in [5.41, 5.74) is 1.61. The van der Waals surface area contributed by atoms with E-state index in [0.717, 1.165) is 25.1 Å². The molecule has 0 N–H and O–H groups in total. The number of nitrogens with zero attached hydrogens (tertiary/aromatic N) is 1. The highest BCUT2D eigenvalue weighted by molar-refractivity contribution is 6.33. The highest BCUT2D eigenvalue weighted by atomic mass is 35.5. The molecule has 1 aromatic rings. The molecule has 88 valence electrons. The van der Waals surface area contributed by atoms with E-state index in [4.69, 9.17) is 11.6 Å². The third kappa shape index (κ3) is 2.69. The molecule has 0 atom stereocenters. The lowest BCUT2D eigenvalue weighted by Gasteiger charge is -2.29. The van der Waals surface area contributed by atoms with Crippen molar-refractivity contribution in [2.45, 2.75) is 19.3 Å². The third-order valence-corrected chi connectivity index (χ3v) is 3.17. The van der Waals surface area contributed by atoms with Crippen LogP contribution in [-0.4, -0.2) is 19.4 Å². The molecule has 0 amide bonds. The summed E-state index contributed by atoms with van der Waals surface area (Å²) in [5, 5.41) is 0.549. The zero-order valence-electron chi connectivity index (χ0n) is 8.99. The second kappa shape index (κ2) is 6.12. The fourth-order valence-corrected chi connectivity index (χ4v) is 2.27. The summed E-state index contributed by atoms with van der Waals surface area (Å²) in [6.07, 6.45) is 4.54. The average molecular weight is 260 g/mol. The van der Waals surface area contributed by atoms with E-state index in [0.29, 0.717) is 10.6 Å². The number of halogens is 2. The molecule has 0 aliphatic carbocycles. The molecule has 1 fully saturated rings. The SMILES string of the molecule is Cl.O=Cc1c(Cl)cccc1N1CCCCC1. The number of carbonyl (C=O) groups is 1. The van der Waals surface area contributed by atoms with Gasteiger partial charge in [0.15, 0.2) is 6.29 Å². The van der Waals surface area contributed by atoms with E-state index in [-0.39, 0.29) is 12.4 Å². The number of carbonyl (C=O) groups excluding carboxylic acids is 1. The second-order valence-electron chi connectivity index (χ2n) is 3.84. The Balaban J connectivity index is 0.00000128. The van der Waals surface area contributed by atoms with Crippen molar-refractivity contribution >= 4 is 36.0 Å². The maximum absolute atomic E-state index is 11.0. The fraction of sp³-hybridized carbons (Fsp3) is 0.417. The molecule has 0 unspecified atom stereocenters. The number of piperidine rings is 1. The molecule has 16 heavy (non-hydrogen) atoms. The van der Waals surface area contributed by atoms with Crippen molar-refractivity contribution in [1.82, 2.24) is 0 Å². The summed E-state index contributed by atoms with van der Waals surface area (Å²) >= 11 is 5.99. The van der Waals surface area contributed by atoms with Crippen molar-refractivity contribution in [3.05, 3.63) is 28.8 Å².